The summed E-state index contributed by atoms with van der Waals surface area (Å²) in [5.74, 6) is 1.98. The third-order valence-electron chi connectivity index (χ3n) is 2.92. The number of benzene rings is 1. The lowest BCUT2D eigenvalue weighted by atomic mass is 10.0. The molecule has 1 rings (SSSR count). The first-order valence-electron chi connectivity index (χ1n) is 7.31. The van der Waals surface area contributed by atoms with E-state index in [-0.39, 0.29) is 5.82 Å². The van der Waals surface area contributed by atoms with Gasteiger partial charge in [-0.25, -0.2) is 4.39 Å². The summed E-state index contributed by atoms with van der Waals surface area (Å²) < 4.78 is 25.4. The van der Waals surface area contributed by atoms with E-state index in [1.807, 2.05) is 13.8 Å². The van der Waals surface area contributed by atoms with Crippen LogP contribution in [0.5, 0.6) is 11.5 Å². The second-order valence-corrected chi connectivity index (χ2v) is 5.44. The van der Waals surface area contributed by atoms with E-state index in [0.717, 1.165) is 18.6 Å². The Morgan fingerprint density at radius 2 is 1.65 bits per heavy atom. The van der Waals surface area contributed by atoms with E-state index in [9.17, 15) is 4.39 Å². The molecule has 0 aliphatic rings. The van der Waals surface area contributed by atoms with Gasteiger partial charge in [0.25, 0.3) is 0 Å². The van der Waals surface area contributed by atoms with Gasteiger partial charge >= 0.3 is 0 Å². The Balaban J connectivity index is 2.97. The highest BCUT2D eigenvalue weighted by atomic mass is 32.1. The number of ether oxygens (including phenoxy) is 2. The fraction of sp³-hybridized carbons (Fsp3) is 0.625. The zero-order chi connectivity index (χ0) is 15.0. The highest BCUT2D eigenvalue weighted by molar-refractivity contribution is 7.80. The Kier molecular flexibility index (Phi) is 7.82. The third kappa shape index (κ3) is 5.23. The summed E-state index contributed by atoms with van der Waals surface area (Å²) in [6, 6.07) is 3.22. The molecule has 1 aromatic rings. The summed E-state index contributed by atoms with van der Waals surface area (Å²) in [5, 5.41) is 0. The topological polar surface area (TPSA) is 18.5 Å². The molecular formula is C16H25FO2S. The lowest BCUT2D eigenvalue weighted by Crippen LogP contribution is -2.06. The predicted octanol–water partition coefficient (Wildman–Crippen LogP) is 4.51. The van der Waals surface area contributed by atoms with Gasteiger partial charge in [-0.3, -0.25) is 0 Å². The van der Waals surface area contributed by atoms with Gasteiger partial charge in [0.1, 0.15) is 5.82 Å². The molecule has 0 heterocycles. The van der Waals surface area contributed by atoms with Crippen LogP contribution in [0.25, 0.3) is 0 Å². The maximum atomic E-state index is 14.1. The Morgan fingerprint density at radius 3 is 2.15 bits per heavy atom. The molecule has 0 fully saturated rings. The maximum absolute atomic E-state index is 14.1. The Bertz CT molecular complexity index is 410. The van der Waals surface area contributed by atoms with Crippen LogP contribution in [-0.2, 0) is 6.42 Å². The molecule has 2 nitrogen and oxygen atoms in total. The molecule has 0 aliphatic carbocycles. The van der Waals surface area contributed by atoms with E-state index >= 15 is 0 Å². The van der Waals surface area contributed by atoms with Crippen LogP contribution in [0.2, 0.25) is 0 Å². The van der Waals surface area contributed by atoms with Gasteiger partial charge in [0, 0.05) is 6.07 Å². The van der Waals surface area contributed by atoms with Crippen molar-refractivity contribution in [3.05, 3.63) is 23.5 Å². The summed E-state index contributed by atoms with van der Waals surface area (Å²) in [6.07, 6.45) is 2.45. The molecule has 20 heavy (non-hydrogen) atoms. The molecule has 0 saturated carbocycles. The van der Waals surface area contributed by atoms with Crippen LogP contribution in [0.15, 0.2) is 12.1 Å². The van der Waals surface area contributed by atoms with E-state index < -0.39 is 0 Å². The van der Waals surface area contributed by atoms with Gasteiger partial charge in [0.05, 0.1) is 13.2 Å². The molecule has 114 valence electrons. The molecule has 0 aromatic heterocycles. The van der Waals surface area contributed by atoms with Crippen molar-refractivity contribution in [2.24, 2.45) is 5.92 Å². The first kappa shape index (κ1) is 17.2. The Morgan fingerprint density at radius 1 is 1.10 bits per heavy atom. The fourth-order valence-electron chi connectivity index (χ4n) is 1.82. The molecule has 0 saturated heterocycles. The van der Waals surface area contributed by atoms with Crippen LogP contribution < -0.4 is 9.47 Å². The monoisotopic (exact) mass is 300 g/mol. The molecule has 0 bridgehead atoms. The van der Waals surface area contributed by atoms with Crippen molar-refractivity contribution < 1.29 is 13.9 Å². The van der Waals surface area contributed by atoms with E-state index in [1.165, 1.54) is 6.07 Å². The molecule has 1 aromatic carbocycles. The normalized spacial score (nSPS) is 12.2. The number of hydrogen-bond donors (Lipinski definition) is 1. The molecule has 0 N–H and O–H groups in total. The maximum Gasteiger partial charge on any atom is 0.164 e. The SMILES string of the molecule is CCCOc1cc(F)c(CC(C)CS)cc1OCCC. The minimum atomic E-state index is -0.228. The lowest BCUT2D eigenvalue weighted by molar-refractivity contribution is 0.266. The Labute approximate surface area is 127 Å². The second-order valence-electron chi connectivity index (χ2n) is 5.08. The van der Waals surface area contributed by atoms with Crippen LogP contribution >= 0.6 is 12.6 Å². The number of halogens is 1. The van der Waals surface area contributed by atoms with E-state index in [2.05, 4.69) is 19.6 Å². The van der Waals surface area contributed by atoms with Crippen molar-refractivity contribution in [3.63, 3.8) is 0 Å². The smallest absolute Gasteiger partial charge is 0.164 e. The standard InChI is InChI=1S/C16H25FO2S/c1-4-6-18-15-9-13(8-12(3)11-20)14(17)10-16(15)19-7-5-2/h9-10,12,20H,4-8,11H2,1-3H3. The van der Waals surface area contributed by atoms with Gasteiger partial charge in [-0.15, -0.1) is 0 Å². The summed E-state index contributed by atoms with van der Waals surface area (Å²) in [5.41, 5.74) is 0.668. The van der Waals surface area contributed by atoms with Gasteiger partial charge in [-0.1, -0.05) is 20.8 Å². The van der Waals surface area contributed by atoms with Crippen LogP contribution in [-0.4, -0.2) is 19.0 Å². The summed E-state index contributed by atoms with van der Waals surface area (Å²) in [7, 11) is 0. The molecule has 1 unspecified atom stereocenters. The van der Waals surface area contributed by atoms with Crippen molar-refractivity contribution in [3.8, 4) is 11.5 Å². The predicted molar refractivity (Wildman–Crippen MR) is 84.7 cm³/mol. The van der Waals surface area contributed by atoms with Crippen molar-refractivity contribution >= 4 is 12.6 Å². The first-order valence-corrected chi connectivity index (χ1v) is 7.94. The summed E-state index contributed by atoms with van der Waals surface area (Å²) in [6.45, 7) is 7.29. The van der Waals surface area contributed by atoms with E-state index in [4.69, 9.17) is 9.47 Å². The molecular weight excluding hydrogens is 275 g/mol. The summed E-state index contributed by atoms with van der Waals surface area (Å²) >= 11 is 4.25. The van der Waals surface area contributed by atoms with Crippen molar-refractivity contribution in [1.29, 1.82) is 0 Å². The first-order chi connectivity index (χ1) is 9.62. The van der Waals surface area contributed by atoms with Crippen molar-refractivity contribution in [2.75, 3.05) is 19.0 Å². The minimum Gasteiger partial charge on any atom is -0.490 e. The fourth-order valence-corrected chi connectivity index (χ4v) is 1.95. The zero-order valence-electron chi connectivity index (χ0n) is 12.6. The van der Waals surface area contributed by atoms with Gasteiger partial charge in [0.2, 0.25) is 0 Å². The Hall–Kier alpha value is -0.900. The highest BCUT2D eigenvalue weighted by Crippen LogP contribution is 2.32. The summed E-state index contributed by atoms with van der Waals surface area (Å²) in [4.78, 5) is 0. The van der Waals surface area contributed by atoms with Crippen molar-refractivity contribution in [2.45, 2.75) is 40.0 Å². The van der Waals surface area contributed by atoms with Crippen LogP contribution in [0.1, 0.15) is 39.2 Å². The minimum absolute atomic E-state index is 0.228. The van der Waals surface area contributed by atoms with Gasteiger partial charge in [-0.2, -0.15) is 12.6 Å². The number of rotatable bonds is 9. The molecule has 0 spiro atoms. The molecule has 4 heteroatoms. The average molecular weight is 300 g/mol. The third-order valence-corrected chi connectivity index (χ3v) is 3.54. The van der Waals surface area contributed by atoms with E-state index in [0.29, 0.717) is 42.6 Å². The van der Waals surface area contributed by atoms with Gasteiger partial charge < -0.3 is 9.47 Å². The van der Waals surface area contributed by atoms with Gasteiger partial charge in [-0.05, 0) is 42.6 Å². The van der Waals surface area contributed by atoms with E-state index in [1.54, 1.807) is 6.07 Å². The van der Waals surface area contributed by atoms with Crippen molar-refractivity contribution in [1.82, 2.24) is 0 Å². The lowest BCUT2D eigenvalue weighted by Gasteiger charge is -2.16. The number of thiol groups is 1. The molecule has 0 radical (unpaired) electrons. The van der Waals surface area contributed by atoms with Gasteiger partial charge in [0.15, 0.2) is 11.5 Å². The highest BCUT2D eigenvalue weighted by Gasteiger charge is 2.14. The molecule has 1 atom stereocenters. The van der Waals surface area contributed by atoms with Crippen LogP contribution in [0, 0.1) is 11.7 Å². The quantitative estimate of drug-likeness (QED) is 0.676. The molecule has 0 aliphatic heterocycles. The number of hydrogen-bond acceptors (Lipinski definition) is 3. The second kappa shape index (κ2) is 9.11. The largest absolute Gasteiger partial charge is 0.490 e. The zero-order valence-corrected chi connectivity index (χ0v) is 13.5. The molecule has 0 amide bonds. The van der Waals surface area contributed by atoms with Crippen LogP contribution in [0.4, 0.5) is 4.39 Å². The van der Waals surface area contributed by atoms with Crippen LogP contribution in [0.3, 0.4) is 0 Å². The average Bonchev–Trinajstić information content (AvgIpc) is 2.45.